The van der Waals surface area contributed by atoms with Crippen molar-refractivity contribution >= 4 is 0 Å². The molecule has 0 fully saturated rings. The predicted molar refractivity (Wildman–Crippen MR) is 50.9 cm³/mol. The summed E-state index contributed by atoms with van der Waals surface area (Å²) in [5, 5.41) is 9.99. The molecule has 0 spiro atoms. The molecule has 0 heterocycles. The Morgan fingerprint density at radius 3 is 2.33 bits per heavy atom. The minimum atomic E-state index is -0.657. The molecule has 0 unspecified atom stereocenters. The van der Waals surface area contributed by atoms with Crippen molar-refractivity contribution in [3.8, 4) is 0 Å². The van der Waals surface area contributed by atoms with E-state index in [1.54, 1.807) is 0 Å². The van der Waals surface area contributed by atoms with Gasteiger partial charge in [0.05, 0.1) is 5.60 Å². The van der Waals surface area contributed by atoms with E-state index in [1.165, 1.54) is 0 Å². The number of hydrogen-bond acceptors (Lipinski definition) is 1. The normalized spacial score (nSPS) is 15.6. The van der Waals surface area contributed by atoms with Gasteiger partial charge in [0.15, 0.2) is 0 Å². The van der Waals surface area contributed by atoms with Crippen LogP contribution in [-0.2, 0) is 5.60 Å². The maximum Gasteiger partial charge on any atom is 0.0868 e. The van der Waals surface area contributed by atoms with Gasteiger partial charge in [-0.3, -0.25) is 0 Å². The lowest BCUT2D eigenvalue weighted by molar-refractivity contribution is 0.0470. The quantitative estimate of drug-likeness (QED) is 0.728. The van der Waals surface area contributed by atoms with Crippen LogP contribution in [0.4, 0.5) is 0 Å². The van der Waals surface area contributed by atoms with Gasteiger partial charge in [-0.1, -0.05) is 43.7 Å². The summed E-state index contributed by atoms with van der Waals surface area (Å²) >= 11 is 0. The molecule has 0 bridgehead atoms. The van der Waals surface area contributed by atoms with Crippen molar-refractivity contribution in [3.63, 3.8) is 0 Å². The molecule has 12 heavy (non-hydrogen) atoms. The minimum absolute atomic E-state index is 0.657. The zero-order valence-electron chi connectivity index (χ0n) is 7.75. The summed E-state index contributed by atoms with van der Waals surface area (Å²) in [7, 11) is 0. The first-order valence-electron chi connectivity index (χ1n) is 4.44. The van der Waals surface area contributed by atoms with E-state index in [0.717, 1.165) is 18.4 Å². The van der Waals surface area contributed by atoms with E-state index in [9.17, 15) is 5.11 Å². The van der Waals surface area contributed by atoms with Crippen LogP contribution in [0.5, 0.6) is 0 Å². The third kappa shape index (κ3) is 2.08. The molecule has 1 aromatic rings. The summed E-state index contributed by atoms with van der Waals surface area (Å²) in [6, 6.07) is 9.82. The van der Waals surface area contributed by atoms with Gasteiger partial charge in [0.25, 0.3) is 0 Å². The molecule has 1 heteroatoms. The van der Waals surface area contributed by atoms with E-state index < -0.39 is 5.60 Å². The largest absolute Gasteiger partial charge is 0.385 e. The van der Waals surface area contributed by atoms with Gasteiger partial charge in [-0.2, -0.15) is 0 Å². The Kier molecular flexibility index (Phi) is 2.88. The molecule has 0 radical (unpaired) electrons. The Morgan fingerprint density at radius 1 is 1.25 bits per heavy atom. The van der Waals surface area contributed by atoms with Crippen LogP contribution < -0.4 is 0 Å². The average Bonchev–Trinajstić information content (AvgIpc) is 2.06. The highest BCUT2D eigenvalue weighted by molar-refractivity contribution is 5.21. The van der Waals surface area contributed by atoms with Crippen LogP contribution in [-0.4, -0.2) is 5.11 Å². The topological polar surface area (TPSA) is 20.2 Å². The molecule has 1 atom stereocenters. The second-order valence-corrected chi connectivity index (χ2v) is 3.39. The van der Waals surface area contributed by atoms with E-state index in [4.69, 9.17) is 0 Å². The maximum atomic E-state index is 9.99. The second-order valence-electron chi connectivity index (χ2n) is 3.39. The maximum absolute atomic E-state index is 9.99. The fourth-order valence-corrected chi connectivity index (χ4v) is 1.43. The van der Waals surface area contributed by atoms with Gasteiger partial charge >= 0.3 is 0 Å². The number of benzene rings is 1. The summed E-state index contributed by atoms with van der Waals surface area (Å²) in [5.41, 5.74) is 0.350. The zero-order chi connectivity index (χ0) is 9.03. The van der Waals surface area contributed by atoms with Crippen molar-refractivity contribution < 1.29 is 5.11 Å². The number of rotatable bonds is 3. The van der Waals surface area contributed by atoms with Crippen molar-refractivity contribution in [1.82, 2.24) is 0 Å². The molecule has 0 aliphatic rings. The molecule has 0 amide bonds. The first-order chi connectivity index (χ1) is 5.67. The van der Waals surface area contributed by atoms with Crippen LogP contribution in [0.25, 0.3) is 0 Å². The predicted octanol–water partition coefficient (Wildman–Crippen LogP) is 2.69. The Morgan fingerprint density at radius 2 is 1.83 bits per heavy atom. The summed E-state index contributed by atoms with van der Waals surface area (Å²) in [6.07, 6.45) is 1.82. The highest BCUT2D eigenvalue weighted by Crippen LogP contribution is 2.24. The van der Waals surface area contributed by atoms with Crippen LogP contribution in [0.1, 0.15) is 32.3 Å². The van der Waals surface area contributed by atoms with Crippen molar-refractivity contribution in [2.45, 2.75) is 32.3 Å². The Labute approximate surface area is 74.1 Å². The molecule has 1 nitrogen and oxygen atoms in total. The molecular weight excluding hydrogens is 148 g/mol. The molecule has 1 aromatic carbocycles. The Hall–Kier alpha value is -0.820. The SMILES string of the molecule is CCC[C@@](C)(O)c1ccccc1. The van der Waals surface area contributed by atoms with Gasteiger partial charge in [-0.25, -0.2) is 0 Å². The van der Waals surface area contributed by atoms with E-state index in [1.807, 2.05) is 37.3 Å². The lowest BCUT2D eigenvalue weighted by Gasteiger charge is -2.22. The third-order valence-corrected chi connectivity index (χ3v) is 2.13. The van der Waals surface area contributed by atoms with E-state index in [2.05, 4.69) is 6.92 Å². The fourth-order valence-electron chi connectivity index (χ4n) is 1.43. The monoisotopic (exact) mass is 164 g/mol. The van der Waals surface area contributed by atoms with Crippen molar-refractivity contribution in [2.75, 3.05) is 0 Å². The smallest absolute Gasteiger partial charge is 0.0868 e. The fraction of sp³-hybridized carbons (Fsp3) is 0.455. The first-order valence-corrected chi connectivity index (χ1v) is 4.44. The van der Waals surface area contributed by atoms with Crippen LogP contribution in [0.3, 0.4) is 0 Å². The summed E-state index contributed by atoms with van der Waals surface area (Å²) < 4.78 is 0. The van der Waals surface area contributed by atoms with Gasteiger partial charge in [0, 0.05) is 0 Å². The van der Waals surface area contributed by atoms with Crippen molar-refractivity contribution in [3.05, 3.63) is 35.9 Å². The van der Waals surface area contributed by atoms with Gasteiger partial charge < -0.3 is 5.11 Å². The molecule has 1 N–H and O–H groups in total. The highest BCUT2D eigenvalue weighted by atomic mass is 16.3. The zero-order valence-corrected chi connectivity index (χ0v) is 7.75. The van der Waals surface area contributed by atoms with Crippen LogP contribution >= 0.6 is 0 Å². The van der Waals surface area contributed by atoms with E-state index in [-0.39, 0.29) is 0 Å². The minimum Gasteiger partial charge on any atom is -0.385 e. The summed E-state index contributed by atoms with van der Waals surface area (Å²) in [5.74, 6) is 0. The van der Waals surface area contributed by atoms with Crippen molar-refractivity contribution in [2.24, 2.45) is 0 Å². The van der Waals surface area contributed by atoms with Gasteiger partial charge in [0.2, 0.25) is 0 Å². The third-order valence-electron chi connectivity index (χ3n) is 2.13. The molecule has 0 saturated carbocycles. The lowest BCUT2D eigenvalue weighted by atomic mass is 9.92. The Bertz CT molecular complexity index is 226. The Balaban J connectivity index is 2.82. The molecule has 0 aliphatic heterocycles. The first kappa shape index (κ1) is 9.27. The summed E-state index contributed by atoms with van der Waals surface area (Å²) in [4.78, 5) is 0. The average molecular weight is 164 g/mol. The number of aliphatic hydroxyl groups is 1. The molecule has 66 valence electrons. The molecule has 0 aliphatic carbocycles. The summed E-state index contributed by atoms with van der Waals surface area (Å²) in [6.45, 7) is 3.95. The van der Waals surface area contributed by atoms with Gasteiger partial charge in [0.1, 0.15) is 0 Å². The second kappa shape index (κ2) is 3.72. The van der Waals surface area contributed by atoms with Crippen LogP contribution in [0, 0.1) is 0 Å². The van der Waals surface area contributed by atoms with Crippen LogP contribution in [0.15, 0.2) is 30.3 Å². The van der Waals surface area contributed by atoms with E-state index in [0.29, 0.717) is 0 Å². The van der Waals surface area contributed by atoms with Crippen LogP contribution in [0.2, 0.25) is 0 Å². The lowest BCUT2D eigenvalue weighted by Crippen LogP contribution is -2.20. The van der Waals surface area contributed by atoms with E-state index >= 15 is 0 Å². The molecule has 0 saturated heterocycles. The molecule has 1 rings (SSSR count). The standard InChI is InChI=1S/C11H16O/c1-3-9-11(2,12)10-7-5-4-6-8-10/h4-8,12H,3,9H2,1-2H3/t11-/m1/s1. The van der Waals surface area contributed by atoms with Gasteiger partial charge in [-0.15, -0.1) is 0 Å². The molecular formula is C11H16O. The highest BCUT2D eigenvalue weighted by Gasteiger charge is 2.20. The molecule has 0 aromatic heterocycles. The number of hydrogen-bond donors (Lipinski definition) is 1. The van der Waals surface area contributed by atoms with Crippen molar-refractivity contribution in [1.29, 1.82) is 0 Å². The van der Waals surface area contributed by atoms with Gasteiger partial charge in [-0.05, 0) is 18.9 Å².